The lowest BCUT2D eigenvalue weighted by Crippen LogP contribution is -2.07. The maximum Gasteiger partial charge on any atom is 0.144 e. The van der Waals surface area contributed by atoms with Crippen molar-refractivity contribution in [3.63, 3.8) is 0 Å². The van der Waals surface area contributed by atoms with E-state index in [-0.39, 0.29) is 5.82 Å². The van der Waals surface area contributed by atoms with Gasteiger partial charge in [-0.05, 0) is 25.1 Å². The molecule has 0 aliphatic heterocycles. The molecule has 0 aliphatic rings. The number of halogens is 2. The second-order valence-electron chi connectivity index (χ2n) is 3.68. The first-order valence-corrected chi connectivity index (χ1v) is 5.77. The molecule has 2 rings (SSSR count). The Morgan fingerprint density at radius 3 is 2.94 bits per heavy atom. The minimum atomic E-state index is -0.363. The normalized spacial score (nSPS) is 10.8. The molecule has 0 fully saturated rings. The van der Waals surface area contributed by atoms with Crippen LogP contribution in [0.15, 0.2) is 30.6 Å². The van der Waals surface area contributed by atoms with E-state index in [1.54, 1.807) is 24.5 Å². The topological polar surface area (TPSA) is 43.8 Å². The Kier molecular flexibility index (Phi) is 3.76. The second kappa shape index (κ2) is 5.29. The van der Waals surface area contributed by atoms with Crippen LogP contribution in [0.4, 0.5) is 4.39 Å². The molecule has 0 radical (unpaired) electrons. The van der Waals surface area contributed by atoms with Gasteiger partial charge in [0, 0.05) is 18.9 Å². The van der Waals surface area contributed by atoms with Gasteiger partial charge < -0.3 is 10.3 Å². The van der Waals surface area contributed by atoms with Crippen molar-refractivity contribution in [2.75, 3.05) is 6.54 Å². The minimum Gasteiger partial charge on any atom is -0.331 e. The number of aromatic nitrogens is 2. The average molecular weight is 254 g/mol. The van der Waals surface area contributed by atoms with Crippen molar-refractivity contribution in [3.8, 4) is 11.4 Å². The van der Waals surface area contributed by atoms with Crippen LogP contribution >= 0.6 is 11.6 Å². The summed E-state index contributed by atoms with van der Waals surface area (Å²) in [4.78, 5) is 4.16. The van der Waals surface area contributed by atoms with Crippen molar-refractivity contribution in [3.05, 3.63) is 41.4 Å². The summed E-state index contributed by atoms with van der Waals surface area (Å²) in [7, 11) is 0. The van der Waals surface area contributed by atoms with E-state index in [1.165, 1.54) is 6.07 Å². The van der Waals surface area contributed by atoms with Crippen molar-refractivity contribution in [2.45, 2.75) is 13.0 Å². The molecule has 0 bridgehead atoms. The number of aryl methyl sites for hydroxylation is 1. The lowest BCUT2D eigenvalue weighted by atomic mass is 10.2. The molecule has 2 aromatic rings. The van der Waals surface area contributed by atoms with Gasteiger partial charge in [0.1, 0.15) is 11.6 Å². The number of hydrogen-bond donors (Lipinski definition) is 1. The molecule has 0 spiro atoms. The Morgan fingerprint density at radius 1 is 1.41 bits per heavy atom. The Labute approximate surface area is 104 Å². The Morgan fingerprint density at radius 2 is 2.24 bits per heavy atom. The summed E-state index contributed by atoms with van der Waals surface area (Å²) in [6.07, 6.45) is 4.25. The van der Waals surface area contributed by atoms with E-state index in [2.05, 4.69) is 4.98 Å². The van der Waals surface area contributed by atoms with Crippen molar-refractivity contribution in [2.24, 2.45) is 5.73 Å². The number of hydrogen-bond acceptors (Lipinski definition) is 2. The lowest BCUT2D eigenvalue weighted by molar-refractivity contribution is 0.620. The van der Waals surface area contributed by atoms with Gasteiger partial charge >= 0.3 is 0 Å². The summed E-state index contributed by atoms with van der Waals surface area (Å²) in [6.45, 7) is 1.29. The van der Waals surface area contributed by atoms with Gasteiger partial charge in [0.15, 0.2) is 0 Å². The predicted octanol–water partition coefficient (Wildman–Crippen LogP) is 2.69. The molecular formula is C12H13ClFN3. The van der Waals surface area contributed by atoms with Gasteiger partial charge in [0.05, 0.1) is 10.6 Å². The van der Waals surface area contributed by atoms with Gasteiger partial charge in [0.25, 0.3) is 0 Å². The smallest absolute Gasteiger partial charge is 0.144 e. The molecular weight excluding hydrogens is 241 g/mol. The molecule has 3 nitrogen and oxygen atoms in total. The summed E-state index contributed by atoms with van der Waals surface area (Å²) in [5.74, 6) is 0.180. The van der Waals surface area contributed by atoms with Gasteiger partial charge in [-0.3, -0.25) is 0 Å². The SMILES string of the molecule is NCCCn1ccnc1-c1c(F)cccc1Cl. The summed E-state index contributed by atoms with van der Waals surface area (Å²) >= 11 is 6.01. The van der Waals surface area contributed by atoms with Gasteiger partial charge in [-0.2, -0.15) is 0 Å². The van der Waals surface area contributed by atoms with Crippen molar-refractivity contribution >= 4 is 11.6 Å². The fourth-order valence-electron chi connectivity index (χ4n) is 1.69. The fourth-order valence-corrected chi connectivity index (χ4v) is 1.94. The van der Waals surface area contributed by atoms with E-state index < -0.39 is 0 Å². The summed E-state index contributed by atoms with van der Waals surface area (Å²) < 4.78 is 15.6. The van der Waals surface area contributed by atoms with Gasteiger partial charge in [-0.25, -0.2) is 9.37 Å². The van der Waals surface area contributed by atoms with Gasteiger partial charge in [0.2, 0.25) is 0 Å². The highest BCUT2D eigenvalue weighted by Gasteiger charge is 2.14. The molecule has 1 aromatic carbocycles. The Balaban J connectivity index is 2.43. The third-order valence-corrected chi connectivity index (χ3v) is 2.82. The second-order valence-corrected chi connectivity index (χ2v) is 4.09. The third kappa shape index (κ3) is 2.48. The summed E-state index contributed by atoms with van der Waals surface area (Å²) in [5.41, 5.74) is 5.80. The van der Waals surface area contributed by atoms with Crippen LogP contribution in [0.1, 0.15) is 6.42 Å². The third-order valence-electron chi connectivity index (χ3n) is 2.50. The number of rotatable bonds is 4. The molecule has 1 aromatic heterocycles. The zero-order chi connectivity index (χ0) is 12.3. The quantitative estimate of drug-likeness (QED) is 0.911. The highest BCUT2D eigenvalue weighted by Crippen LogP contribution is 2.29. The van der Waals surface area contributed by atoms with Gasteiger partial charge in [-0.15, -0.1) is 0 Å². The first-order valence-electron chi connectivity index (χ1n) is 5.39. The number of nitrogens with zero attached hydrogens (tertiary/aromatic N) is 2. The zero-order valence-electron chi connectivity index (χ0n) is 9.24. The lowest BCUT2D eigenvalue weighted by Gasteiger charge is -2.09. The van der Waals surface area contributed by atoms with Crippen LogP contribution in [0.25, 0.3) is 11.4 Å². The fraction of sp³-hybridized carbons (Fsp3) is 0.250. The zero-order valence-corrected chi connectivity index (χ0v) is 9.99. The van der Waals surface area contributed by atoms with Crippen LogP contribution in [0, 0.1) is 5.82 Å². The maximum absolute atomic E-state index is 13.8. The molecule has 0 aliphatic carbocycles. The van der Waals surface area contributed by atoms with Crippen LogP contribution in [-0.4, -0.2) is 16.1 Å². The van der Waals surface area contributed by atoms with E-state index in [1.807, 2.05) is 4.57 Å². The predicted molar refractivity (Wildman–Crippen MR) is 66.3 cm³/mol. The first kappa shape index (κ1) is 12.1. The highest BCUT2D eigenvalue weighted by atomic mass is 35.5. The van der Waals surface area contributed by atoms with Crippen LogP contribution in [0.2, 0.25) is 5.02 Å². The van der Waals surface area contributed by atoms with E-state index in [0.717, 1.165) is 6.42 Å². The Bertz CT molecular complexity index is 490. The van der Waals surface area contributed by atoms with Crippen LogP contribution in [0.5, 0.6) is 0 Å². The standard InChI is InChI=1S/C12H13ClFN3/c13-9-3-1-4-10(14)11(9)12-16-6-8-17(12)7-2-5-15/h1,3-4,6,8H,2,5,7,15H2. The number of nitrogens with two attached hydrogens (primary N) is 1. The van der Waals surface area contributed by atoms with Crippen LogP contribution in [0.3, 0.4) is 0 Å². The average Bonchev–Trinajstić information content (AvgIpc) is 2.74. The molecule has 90 valence electrons. The monoisotopic (exact) mass is 253 g/mol. The Hall–Kier alpha value is -1.39. The van der Waals surface area contributed by atoms with Crippen molar-refractivity contribution in [1.29, 1.82) is 0 Å². The number of imidazole rings is 1. The van der Waals surface area contributed by atoms with E-state index in [0.29, 0.717) is 29.5 Å². The molecule has 0 atom stereocenters. The number of benzene rings is 1. The molecule has 0 saturated carbocycles. The van der Waals surface area contributed by atoms with Crippen molar-refractivity contribution < 1.29 is 4.39 Å². The molecule has 0 unspecified atom stereocenters. The molecule has 0 amide bonds. The van der Waals surface area contributed by atoms with Crippen LogP contribution in [-0.2, 0) is 6.54 Å². The first-order chi connectivity index (χ1) is 8.24. The van der Waals surface area contributed by atoms with Crippen molar-refractivity contribution in [1.82, 2.24) is 9.55 Å². The minimum absolute atomic E-state index is 0.344. The summed E-state index contributed by atoms with van der Waals surface area (Å²) in [5, 5.41) is 0.366. The molecule has 17 heavy (non-hydrogen) atoms. The molecule has 0 saturated heterocycles. The van der Waals surface area contributed by atoms with E-state index >= 15 is 0 Å². The molecule has 2 N–H and O–H groups in total. The van der Waals surface area contributed by atoms with Crippen LogP contribution < -0.4 is 5.73 Å². The molecule has 1 heterocycles. The van der Waals surface area contributed by atoms with E-state index in [4.69, 9.17) is 17.3 Å². The largest absolute Gasteiger partial charge is 0.331 e. The van der Waals surface area contributed by atoms with Gasteiger partial charge in [-0.1, -0.05) is 17.7 Å². The highest BCUT2D eigenvalue weighted by molar-refractivity contribution is 6.33. The molecule has 5 heteroatoms. The van der Waals surface area contributed by atoms with E-state index in [9.17, 15) is 4.39 Å². The summed E-state index contributed by atoms with van der Waals surface area (Å²) in [6, 6.07) is 4.61. The maximum atomic E-state index is 13.8.